The van der Waals surface area contributed by atoms with E-state index in [-0.39, 0.29) is 12.0 Å². The Morgan fingerprint density at radius 2 is 2.31 bits per heavy atom. The van der Waals surface area contributed by atoms with Gasteiger partial charge in [-0.1, -0.05) is 33.1 Å². The van der Waals surface area contributed by atoms with Crippen molar-refractivity contribution in [2.24, 2.45) is 5.92 Å². The third-order valence-corrected chi connectivity index (χ3v) is 3.33. The number of carbonyl (C=O) groups is 1. The van der Waals surface area contributed by atoms with E-state index in [9.17, 15) is 4.79 Å². The van der Waals surface area contributed by atoms with E-state index in [4.69, 9.17) is 4.74 Å². The van der Waals surface area contributed by atoms with Crippen LogP contribution in [0.15, 0.2) is 0 Å². The van der Waals surface area contributed by atoms with Crippen molar-refractivity contribution >= 4 is 5.91 Å². The number of hydrogen-bond acceptors (Lipinski definition) is 2. The molecule has 16 heavy (non-hydrogen) atoms. The summed E-state index contributed by atoms with van der Waals surface area (Å²) < 4.78 is 5.35. The van der Waals surface area contributed by atoms with Crippen LogP contribution in [0.4, 0.5) is 0 Å². The van der Waals surface area contributed by atoms with Crippen LogP contribution in [0.1, 0.15) is 52.4 Å². The van der Waals surface area contributed by atoms with Crippen LogP contribution in [-0.4, -0.2) is 25.2 Å². The predicted molar refractivity (Wildman–Crippen MR) is 65.3 cm³/mol. The van der Waals surface area contributed by atoms with E-state index in [0.717, 1.165) is 32.4 Å². The maximum absolute atomic E-state index is 11.7. The molecule has 3 heteroatoms. The second-order valence-electron chi connectivity index (χ2n) is 4.66. The average molecular weight is 227 g/mol. The van der Waals surface area contributed by atoms with Gasteiger partial charge in [-0.05, 0) is 25.2 Å². The first kappa shape index (κ1) is 13.5. The first-order valence-electron chi connectivity index (χ1n) is 6.67. The average Bonchev–Trinajstić information content (AvgIpc) is 2.82. The molecule has 3 nitrogen and oxygen atoms in total. The van der Waals surface area contributed by atoms with Crippen molar-refractivity contribution in [3.8, 4) is 0 Å². The predicted octanol–water partition coefficient (Wildman–Crippen LogP) is 2.50. The summed E-state index contributed by atoms with van der Waals surface area (Å²) in [4.78, 5) is 11.7. The minimum atomic E-state index is -0.177. The molecule has 0 aromatic heterocycles. The number of carbonyl (C=O) groups excluding carboxylic acids is 1. The minimum Gasteiger partial charge on any atom is -0.368 e. The van der Waals surface area contributed by atoms with Gasteiger partial charge in [0, 0.05) is 13.2 Å². The molecule has 1 rings (SSSR count). The van der Waals surface area contributed by atoms with Crippen LogP contribution < -0.4 is 5.32 Å². The molecular weight excluding hydrogens is 202 g/mol. The van der Waals surface area contributed by atoms with E-state index < -0.39 is 0 Å². The molecule has 0 radical (unpaired) electrons. The molecule has 0 bridgehead atoms. The van der Waals surface area contributed by atoms with Crippen molar-refractivity contribution in [2.75, 3.05) is 13.2 Å². The highest BCUT2D eigenvalue weighted by Gasteiger charge is 2.23. The summed E-state index contributed by atoms with van der Waals surface area (Å²) in [6, 6.07) is 0. The molecule has 1 amide bonds. The van der Waals surface area contributed by atoms with Gasteiger partial charge in [-0.25, -0.2) is 0 Å². The molecule has 0 saturated carbocycles. The zero-order valence-electron chi connectivity index (χ0n) is 10.6. The van der Waals surface area contributed by atoms with Crippen LogP contribution in [0.5, 0.6) is 0 Å². The van der Waals surface area contributed by atoms with Crippen molar-refractivity contribution in [3.63, 3.8) is 0 Å². The van der Waals surface area contributed by atoms with Crippen molar-refractivity contribution in [1.82, 2.24) is 5.32 Å². The summed E-state index contributed by atoms with van der Waals surface area (Å²) in [5, 5.41) is 3.02. The Labute approximate surface area is 98.9 Å². The van der Waals surface area contributed by atoms with Gasteiger partial charge in [-0.2, -0.15) is 0 Å². The molecule has 1 fully saturated rings. The molecule has 2 atom stereocenters. The Hall–Kier alpha value is -0.570. The molecule has 0 aromatic rings. The first-order chi connectivity index (χ1) is 7.77. The molecule has 1 aliphatic heterocycles. The van der Waals surface area contributed by atoms with Gasteiger partial charge in [0.1, 0.15) is 6.10 Å². The van der Waals surface area contributed by atoms with Gasteiger partial charge < -0.3 is 10.1 Å². The van der Waals surface area contributed by atoms with Crippen LogP contribution in [0.3, 0.4) is 0 Å². The van der Waals surface area contributed by atoms with Gasteiger partial charge in [-0.3, -0.25) is 4.79 Å². The highest BCUT2D eigenvalue weighted by atomic mass is 16.5. The molecule has 0 spiro atoms. The summed E-state index contributed by atoms with van der Waals surface area (Å²) in [6.45, 7) is 5.95. The van der Waals surface area contributed by atoms with E-state index in [2.05, 4.69) is 19.2 Å². The van der Waals surface area contributed by atoms with E-state index >= 15 is 0 Å². The van der Waals surface area contributed by atoms with Gasteiger partial charge in [-0.15, -0.1) is 0 Å². The van der Waals surface area contributed by atoms with Crippen molar-refractivity contribution in [3.05, 3.63) is 0 Å². The molecule has 0 aromatic carbocycles. The molecular formula is C13H25NO2. The van der Waals surface area contributed by atoms with Gasteiger partial charge in [0.25, 0.3) is 0 Å². The molecule has 1 N–H and O–H groups in total. The number of rotatable bonds is 7. The lowest BCUT2D eigenvalue weighted by molar-refractivity contribution is -0.130. The van der Waals surface area contributed by atoms with Gasteiger partial charge in [0.2, 0.25) is 5.91 Å². The fourth-order valence-electron chi connectivity index (χ4n) is 2.09. The van der Waals surface area contributed by atoms with Crippen LogP contribution in [0.2, 0.25) is 0 Å². The smallest absolute Gasteiger partial charge is 0.249 e. The van der Waals surface area contributed by atoms with E-state index in [1.165, 1.54) is 19.3 Å². The lowest BCUT2D eigenvalue weighted by Gasteiger charge is -2.17. The third kappa shape index (κ3) is 4.52. The quantitative estimate of drug-likeness (QED) is 0.725. The van der Waals surface area contributed by atoms with Crippen LogP contribution in [0.25, 0.3) is 0 Å². The molecule has 94 valence electrons. The van der Waals surface area contributed by atoms with Crippen LogP contribution in [0, 0.1) is 5.92 Å². The fraction of sp³-hybridized carbons (Fsp3) is 0.923. The number of hydrogen-bond donors (Lipinski definition) is 1. The molecule has 0 unspecified atom stereocenters. The monoisotopic (exact) mass is 227 g/mol. The summed E-state index contributed by atoms with van der Waals surface area (Å²) in [5.41, 5.74) is 0. The first-order valence-corrected chi connectivity index (χ1v) is 6.67. The van der Waals surface area contributed by atoms with Crippen LogP contribution >= 0.6 is 0 Å². The lowest BCUT2D eigenvalue weighted by Crippen LogP contribution is -2.37. The number of nitrogens with one attached hydrogen (secondary N) is 1. The molecule has 1 aliphatic rings. The minimum absolute atomic E-state index is 0.0902. The number of unbranched alkanes of at least 4 members (excludes halogenated alkanes) is 1. The zero-order valence-corrected chi connectivity index (χ0v) is 10.6. The van der Waals surface area contributed by atoms with Gasteiger partial charge in [0.05, 0.1) is 0 Å². The van der Waals surface area contributed by atoms with E-state index in [0.29, 0.717) is 5.92 Å². The Balaban J connectivity index is 2.17. The summed E-state index contributed by atoms with van der Waals surface area (Å²) in [5.74, 6) is 0.720. The largest absolute Gasteiger partial charge is 0.368 e. The Bertz CT molecular complexity index is 200. The Morgan fingerprint density at radius 1 is 1.50 bits per heavy atom. The fourth-order valence-corrected chi connectivity index (χ4v) is 2.09. The zero-order chi connectivity index (χ0) is 11.8. The summed E-state index contributed by atoms with van der Waals surface area (Å²) >= 11 is 0. The Kier molecular flexibility index (Phi) is 6.46. The van der Waals surface area contributed by atoms with Crippen molar-refractivity contribution < 1.29 is 9.53 Å². The normalized spacial score (nSPS) is 22.0. The van der Waals surface area contributed by atoms with Crippen molar-refractivity contribution in [2.45, 2.75) is 58.5 Å². The second-order valence-corrected chi connectivity index (χ2v) is 4.66. The van der Waals surface area contributed by atoms with Crippen LogP contribution in [-0.2, 0) is 9.53 Å². The second kappa shape index (κ2) is 7.66. The SMILES string of the molecule is CCCC[C@H](CC)CNC(=O)[C@@H]1CCCO1. The van der Waals surface area contributed by atoms with Crippen molar-refractivity contribution in [1.29, 1.82) is 0 Å². The molecule has 1 heterocycles. The van der Waals surface area contributed by atoms with E-state index in [1.807, 2.05) is 0 Å². The Morgan fingerprint density at radius 3 is 2.88 bits per heavy atom. The highest BCUT2D eigenvalue weighted by molar-refractivity contribution is 5.80. The van der Waals surface area contributed by atoms with Gasteiger partial charge in [0.15, 0.2) is 0 Å². The number of amides is 1. The molecule has 0 aliphatic carbocycles. The maximum atomic E-state index is 11.7. The third-order valence-electron chi connectivity index (χ3n) is 3.33. The molecule has 1 saturated heterocycles. The standard InChI is InChI=1S/C13H25NO2/c1-3-5-7-11(4-2)10-14-13(15)12-8-6-9-16-12/h11-12H,3-10H2,1-2H3,(H,14,15)/t11-,12-/m0/s1. The summed E-state index contributed by atoms with van der Waals surface area (Å²) in [7, 11) is 0. The lowest BCUT2D eigenvalue weighted by atomic mass is 9.99. The maximum Gasteiger partial charge on any atom is 0.249 e. The summed E-state index contributed by atoms with van der Waals surface area (Å²) in [6.07, 6.45) is 6.58. The topological polar surface area (TPSA) is 38.3 Å². The number of ether oxygens (including phenoxy) is 1. The van der Waals surface area contributed by atoms with Gasteiger partial charge >= 0.3 is 0 Å². The van der Waals surface area contributed by atoms with E-state index in [1.54, 1.807) is 0 Å². The highest BCUT2D eigenvalue weighted by Crippen LogP contribution is 2.14.